The summed E-state index contributed by atoms with van der Waals surface area (Å²) < 4.78 is 52.2. The number of ether oxygens (including phenoxy) is 2. The van der Waals surface area contributed by atoms with Crippen LogP contribution in [0.5, 0.6) is 5.75 Å². The lowest BCUT2D eigenvalue weighted by Gasteiger charge is -2.30. The number of para-hydroxylation sites is 1. The Hall–Kier alpha value is -3.00. The molecule has 2 aromatic rings. The van der Waals surface area contributed by atoms with Crippen LogP contribution in [0, 0.1) is 12.0 Å². The number of halogens is 4. The maximum absolute atomic E-state index is 13.9. The molecule has 0 bridgehead atoms. The molecule has 3 rings (SSSR count). The van der Waals surface area contributed by atoms with Crippen molar-refractivity contribution < 1.29 is 32.2 Å². The first-order chi connectivity index (χ1) is 16.2. The Kier molecular flexibility index (Phi) is 8.25. The van der Waals surface area contributed by atoms with Crippen LogP contribution in [0.25, 0.3) is 17.2 Å². The Bertz CT molecular complexity index is 1080. The molecule has 1 heterocycles. The van der Waals surface area contributed by atoms with Gasteiger partial charge in [0.1, 0.15) is 5.75 Å². The standard InChI is InChI=1S/C25H24ClF3NO4/c1-3-34-24(32)16-12-14-30(15-13-16)22(31)11-9-19-17(18-6-4-5-7-21(18)33-2)8-10-20(26)23(19)25(27,28)29/h4-9,11,16H,3,12-15H2,1-2H3/b11-9+. The number of hydrogen-bond donors (Lipinski definition) is 0. The van der Waals surface area contributed by atoms with Gasteiger partial charge in [-0.25, -0.2) is 0 Å². The zero-order chi connectivity index (χ0) is 24.9. The highest BCUT2D eigenvalue weighted by Crippen LogP contribution is 2.43. The molecule has 1 aliphatic rings. The van der Waals surface area contributed by atoms with Gasteiger partial charge in [0.25, 0.3) is 0 Å². The lowest BCUT2D eigenvalue weighted by Crippen LogP contribution is -2.39. The summed E-state index contributed by atoms with van der Waals surface area (Å²) in [6, 6.07) is 10.4. The fraction of sp³-hybridized carbons (Fsp3) is 0.360. The van der Waals surface area contributed by atoms with Gasteiger partial charge in [0.2, 0.25) is 5.91 Å². The third-order valence-electron chi connectivity index (χ3n) is 5.62. The number of hydrogen-bond acceptors (Lipinski definition) is 4. The summed E-state index contributed by atoms with van der Waals surface area (Å²) in [4.78, 5) is 26.2. The number of amides is 1. The first-order valence-corrected chi connectivity index (χ1v) is 11.1. The number of rotatable bonds is 6. The van der Waals surface area contributed by atoms with E-state index in [2.05, 4.69) is 6.07 Å². The molecule has 1 amide bonds. The molecule has 0 saturated carbocycles. The van der Waals surface area contributed by atoms with Gasteiger partial charge in [0.05, 0.1) is 30.2 Å². The Balaban J connectivity index is 1.93. The van der Waals surface area contributed by atoms with E-state index in [9.17, 15) is 22.8 Å². The van der Waals surface area contributed by atoms with Gasteiger partial charge in [0, 0.05) is 30.8 Å². The van der Waals surface area contributed by atoms with Crippen molar-refractivity contribution >= 4 is 29.6 Å². The maximum atomic E-state index is 13.9. The van der Waals surface area contributed by atoms with E-state index in [1.54, 1.807) is 31.2 Å². The van der Waals surface area contributed by atoms with Crippen molar-refractivity contribution in [3.63, 3.8) is 0 Å². The van der Waals surface area contributed by atoms with E-state index < -0.39 is 22.7 Å². The van der Waals surface area contributed by atoms with Crippen LogP contribution in [-0.4, -0.2) is 43.6 Å². The number of methoxy groups -OCH3 is 1. The Morgan fingerprint density at radius 3 is 2.50 bits per heavy atom. The van der Waals surface area contributed by atoms with Gasteiger partial charge in [-0.3, -0.25) is 9.59 Å². The average molecular weight is 495 g/mol. The Labute approximate surface area is 201 Å². The zero-order valence-corrected chi connectivity index (χ0v) is 19.5. The largest absolute Gasteiger partial charge is 0.496 e. The van der Waals surface area contributed by atoms with Crippen molar-refractivity contribution in [2.75, 3.05) is 26.8 Å². The fourth-order valence-corrected chi connectivity index (χ4v) is 4.20. The minimum absolute atomic E-state index is 0.180. The van der Waals surface area contributed by atoms with E-state index in [1.807, 2.05) is 0 Å². The van der Waals surface area contributed by atoms with Gasteiger partial charge in [0.15, 0.2) is 0 Å². The van der Waals surface area contributed by atoms with Crippen molar-refractivity contribution in [3.8, 4) is 16.9 Å². The summed E-state index contributed by atoms with van der Waals surface area (Å²) in [6.45, 7) is 2.63. The number of likely N-dealkylation sites (tertiary alicyclic amines) is 1. The van der Waals surface area contributed by atoms with Gasteiger partial charge in [-0.2, -0.15) is 13.2 Å². The number of alkyl halides is 3. The highest BCUT2D eigenvalue weighted by molar-refractivity contribution is 6.31. The summed E-state index contributed by atoms with van der Waals surface area (Å²) in [5.74, 6) is -0.666. The van der Waals surface area contributed by atoms with E-state index in [0.29, 0.717) is 37.2 Å². The molecule has 2 aromatic carbocycles. The Morgan fingerprint density at radius 2 is 1.88 bits per heavy atom. The normalized spacial score (nSPS) is 14.9. The number of esters is 1. The third kappa shape index (κ3) is 5.73. The van der Waals surface area contributed by atoms with Crippen LogP contribution in [0.15, 0.2) is 36.4 Å². The van der Waals surface area contributed by atoms with Crippen molar-refractivity contribution in [3.05, 3.63) is 58.6 Å². The van der Waals surface area contributed by atoms with E-state index in [0.717, 1.165) is 12.2 Å². The number of piperidine rings is 1. The van der Waals surface area contributed by atoms with Crippen LogP contribution in [0.1, 0.15) is 30.9 Å². The third-order valence-corrected chi connectivity index (χ3v) is 5.92. The molecular formula is C25H24ClF3NO4. The first-order valence-electron chi connectivity index (χ1n) is 10.8. The van der Waals surface area contributed by atoms with Gasteiger partial charge in [-0.05, 0) is 49.1 Å². The molecule has 0 unspecified atom stereocenters. The van der Waals surface area contributed by atoms with Crippen LogP contribution in [0.2, 0.25) is 5.02 Å². The summed E-state index contributed by atoms with van der Waals surface area (Å²) >= 11 is 5.90. The van der Waals surface area contributed by atoms with Crippen molar-refractivity contribution in [2.45, 2.75) is 25.9 Å². The second kappa shape index (κ2) is 11.0. The number of benzene rings is 2. The molecule has 1 radical (unpaired) electrons. The number of nitrogens with zero attached hydrogens (tertiary/aromatic N) is 1. The molecule has 0 N–H and O–H groups in total. The molecule has 1 aliphatic heterocycles. The van der Waals surface area contributed by atoms with Gasteiger partial charge in [-0.1, -0.05) is 29.8 Å². The zero-order valence-electron chi connectivity index (χ0n) is 18.7. The first kappa shape index (κ1) is 25.6. The topological polar surface area (TPSA) is 55.8 Å². The molecule has 0 spiro atoms. The smallest absolute Gasteiger partial charge is 0.418 e. The summed E-state index contributed by atoms with van der Waals surface area (Å²) in [6.07, 6.45) is -1.67. The summed E-state index contributed by atoms with van der Waals surface area (Å²) in [5, 5.41) is -0.589. The van der Waals surface area contributed by atoms with Crippen molar-refractivity contribution in [1.82, 2.24) is 4.90 Å². The van der Waals surface area contributed by atoms with E-state index in [1.165, 1.54) is 18.1 Å². The molecule has 5 nitrogen and oxygen atoms in total. The monoisotopic (exact) mass is 494 g/mol. The van der Waals surface area contributed by atoms with Crippen LogP contribution >= 0.6 is 11.6 Å². The molecule has 181 valence electrons. The predicted octanol–water partition coefficient (Wildman–Crippen LogP) is 5.65. The maximum Gasteiger partial charge on any atom is 0.418 e. The number of carbonyl (C=O) groups excluding carboxylic acids is 2. The SMILES string of the molecule is CCOC(=O)C1CCN(C(=O)/C=C/c2c(-c3ccccc3OC)c[c]c(Cl)c2C(F)(F)F)CC1. The second-order valence-electron chi connectivity index (χ2n) is 7.69. The summed E-state index contributed by atoms with van der Waals surface area (Å²) in [5.41, 5.74) is -0.747. The quantitative estimate of drug-likeness (QED) is 0.385. The van der Waals surface area contributed by atoms with Crippen molar-refractivity contribution in [1.29, 1.82) is 0 Å². The molecule has 0 aromatic heterocycles. The van der Waals surface area contributed by atoms with Crippen molar-refractivity contribution in [2.24, 2.45) is 5.92 Å². The van der Waals surface area contributed by atoms with Gasteiger partial charge >= 0.3 is 12.1 Å². The average Bonchev–Trinajstić information content (AvgIpc) is 2.82. The molecule has 1 fully saturated rings. The van der Waals surface area contributed by atoms with Crippen LogP contribution in [0.4, 0.5) is 13.2 Å². The van der Waals surface area contributed by atoms with Gasteiger partial charge in [-0.15, -0.1) is 0 Å². The molecule has 1 saturated heterocycles. The lowest BCUT2D eigenvalue weighted by atomic mass is 9.93. The van der Waals surface area contributed by atoms with E-state index in [-0.39, 0.29) is 29.6 Å². The minimum atomic E-state index is -4.77. The highest BCUT2D eigenvalue weighted by Gasteiger charge is 2.37. The lowest BCUT2D eigenvalue weighted by molar-refractivity contribution is -0.150. The fourth-order valence-electron chi connectivity index (χ4n) is 3.93. The molecule has 0 aliphatic carbocycles. The van der Waals surface area contributed by atoms with Crippen LogP contribution in [-0.2, 0) is 20.5 Å². The van der Waals surface area contributed by atoms with Crippen LogP contribution in [0.3, 0.4) is 0 Å². The summed E-state index contributed by atoms with van der Waals surface area (Å²) in [7, 11) is 1.42. The predicted molar refractivity (Wildman–Crippen MR) is 122 cm³/mol. The minimum Gasteiger partial charge on any atom is -0.496 e. The van der Waals surface area contributed by atoms with Crippen LogP contribution < -0.4 is 4.74 Å². The number of carbonyl (C=O) groups is 2. The second-order valence-corrected chi connectivity index (χ2v) is 8.07. The highest BCUT2D eigenvalue weighted by atomic mass is 35.5. The molecule has 0 atom stereocenters. The molecule has 9 heteroatoms. The molecular weight excluding hydrogens is 471 g/mol. The van der Waals surface area contributed by atoms with E-state index in [4.69, 9.17) is 21.1 Å². The Morgan fingerprint density at radius 1 is 1.21 bits per heavy atom. The van der Waals surface area contributed by atoms with Gasteiger partial charge < -0.3 is 14.4 Å². The molecule has 34 heavy (non-hydrogen) atoms. The van der Waals surface area contributed by atoms with E-state index >= 15 is 0 Å².